The van der Waals surface area contributed by atoms with Gasteiger partial charge in [-0.3, -0.25) is 4.57 Å². The van der Waals surface area contributed by atoms with Crippen LogP contribution in [0.3, 0.4) is 0 Å². The minimum Gasteiger partial charge on any atom is -0.394 e. The van der Waals surface area contributed by atoms with Crippen molar-refractivity contribution in [2.45, 2.75) is 91.7 Å². The van der Waals surface area contributed by atoms with E-state index in [0.29, 0.717) is 0 Å². The predicted octanol–water partition coefficient (Wildman–Crippen LogP) is -8.64. The predicted molar refractivity (Wildman–Crippen MR) is 129 cm³/mol. The average Bonchev–Trinajstić information content (AvgIpc) is 2.93. The molecule has 19 heteroatoms. The second-order valence-corrected chi connectivity index (χ2v) is 9.70. The molecule has 2 saturated heterocycles. The lowest BCUT2D eigenvalue weighted by molar-refractivity contribution is -0.326. The summed E-state index contributed by atoms with van der Waals surface area (Å²) in [6.45, 7) is -1.80. The number of hydrogen-bond acceptors (Lipinski definition) is 18. The van der Waals surface area contributed by atoms with Gasteiger partial charge in [-0.15, -0.1) is 0 Å². The number of aliphatic hydroxyl groups is 10. The monoisotopic (exact) mass is 583 g/mol. The van der Waals surface area contributed by atoms with Gasteiger partial charge in [0.2, 0.25) is 0 Å². The van der Waals surface area contributed by atoms with E-state index in [-0.39, 0.29) is 5.82 Å². The van der Waals surface area contributed by atoms with Crippen molar-refractivity contribution in [1.82, 2.24) is 9.55 Å². The molecule has 15 atom stereocenters. The normalized spacial score (nSPS) is 38.8. The lowest BCUT2D eigenvalue weighted by atomic mass is 9.87. The van der Waals surface area contributed by atoms with E-state index in [1.54, 1.807) is 0 Å². The van der Waals surface area contributed by atoms with Gasteiger partial charge >= 0.3 is 5.69 Å². The molecule has 0 aromatic carbocycles. The standard InChI is InChI=1S/C21H37N5O14/c22-7-1-2-26(21(37)25-7)19-16(36)12(32)9(24)17(39-19)18(15(35)14(34)10(30)5(29)3-27)40-20-13(33)8(23)11(31)6(4-28)38-20/h1-2,5-6,8-20,27-36H,3-4,23-24H2,(H2,22,25,37)/t5-,6+,8-,9+,10-,11-,12-,13-,14-,15-,16-,17-,18-,19-,20-/m1/s1. The van der Waals surface area contributed by atoms with Crippen molar-refractivity contribution in [2.24, 2.45) is 11.5 Å². The molecule has 2 fully saturated rings. The van der Waals surface area contributed by atoms with E-state index in [9.17, 15) is 50.8 Å². The highest BCUT2D eigenvalue weighted by molar-refractivity contribution is 5.23. The van der Waals surface area contributed by atoms with Crippen LogP contribution < -0.4 is 22.9 Å². The molecule has 0 bridgehead atoms. The summed E-state index contributed by atoms with van der Waals surface area (Å²) in [5.74, 6) is -0.170. The summed E-state index contributed by atoms with van der Waals surface area (Å²) in [7, 11) is 0. The smallest absolute Gasteiger partial charge is 0.351 e. The third-order valence-corrected chi connectivity index (χ3v) is 7.01. The SMILES string of the molecule is Nc1ccn([C@@H]2O[C@@H]([C@H](O[C@H]3O[C@@H](CO)[C@@H](O)[C@@H](N)[C@H]3O)[C@H](O)[C@H](O)[C@H](O)[C@H](O)CO)[C@@H](N)[C@@H](O)[C@H]2O)c(=O)n1. The van der Waals surface area contributed by atoms with Crippen molar-refractivity contribution in [3.63, 3.8) is 0 Å². The number of nitrogen functional groups attached to an aromatic ring is 1. The molecular formula is C21H37N5O14. The number of rotatable bonds is 10. The zero-order chi connectivity index (χ0) is 30.0. The van der Waals surface area contributed by atoms with Crippen molar-refractivity contribution < 1.29 is 65.3 Å². The van der Waals surface area contributed by atoms with E-state index in [2.05, 4.69) is 4.98 Å². The van der Waals surface area contributed by atoms with Crippen LogP contribution >= 0.6 is 0 Å². The molecule has 1 aromatic heterocycles. The highest BCUT2D eigenvalue weighted by Crippen LogP contribution is 2.33. The van der Waals surface area contributed by atoms with Crippen LogP contribution in [0.15, 0.2) is 17.1 Å². The third kappa shape index (κ3) is 6.43. The van der Waals surface area contributed by atoms with Crippen LogP contribution in [0.1, 0.15) is 6.23 Å². The van der Waals surface area contributed by atoms with Crippen molar-refractivity contribution in [2.75, 3.05) is 18.9 Å². The van der Waals surface area contributed by atoms with Gasteiger partial charge in [0.05, 0.1) is 25.3 Å². The fourth-order valence-corrected chi connectivity index (χ4v) is 4.54. The topological polar surface area (TPSA) is 343 Å². The fourth-order valence-electron chi connectivity index (χ4n) is 4.54. The van der Waals surface area contributed by atoms with Crippen LogP contribution in [0, 0.1) is 0 Å². The van der Waals surface area contributed by atoms with Gasteiger partial charge in [-0.05, 0) is 6.07 Å². The molecule has 16 N–H and O–H groups in total. The Labute approximate surface area is 226 Å². The minimum absolute atomic E-state index is 0.170. The Morgan fingerprint density at radius 1 is 0.925 bits per heavy atom. The van der Waals surface area contributed by atoms with Gasteiger partial charge in [-0.25, -0.2) is 4.79 Å². The molecule has 2 aliphatic rings. The van der Waals surface area contributed by atoms with Crippen LogP contribution in [0.5, 0.6) is 0 Å². The second-order valence-electron chi connectivity index (χ2n) is 9.70. The molecule has 2 aliphatic heterocycles. The number of anilines is 1. The molecule has 40 heavy (non-hydrogen) atoms. The van der Waals surface area contributed by atoms with Gasteiger partial charge in [-0.2, -0.15) is 4.98 Å². The summed E-state index contributed by atoms with van der Waals surface area (Å²) in [6.07, 6.45) is -23.4. The number of nitrogens with two attached hydrogens (primary N) is 3. The van der Waals surface area contributed by atoms with E-state index in [4.69, 9.17) is 36.5 Å². The minimum atomic E-state index is -2.29. The Kier molecular flexibility index (Phi) is 10.9. The van der Waals surface area contributed by atoms with Crippen LogP contribution in [0.4, 0.5) is 5.82 Å². The van der Waals surface area contributed by atoms with Gasteiger partial charge < -0.3 is 82.5 Å². The quantitative estimate of drug-likeness (QED) is 0.121. The van der Waals surface area contributed by atoms with Crippen molar-refractivity contribution >= 4 is 5.82 Å². The molecule has 3 heterocycles. The second kappa shape index (κ2) is 13.4. The summed E-state index contributed by atoms with van der Waals surface area (Å²) in [4.78, 5) is 15.9. The van der Waals surface area contributed by atoms with E-state index in [0.717, 1.165) is 10.8 Å². The Morgan fingerprint density at radius 3 is 2.15 bits per heavy atom. The number of aliphatic hydroxyl groups excluding tert-OH is 10. The maximum Gasteiger partial charge on any atom is 0.351 e. The highest BCUT2D eigenvalue weighted by atomic mass is 16.7. The zero-order valence-electron chi connectivity index (χ0n) is 21.0. The lowest BCUT2D eigenvalue weighted by Crippen LogP contribution is -2.69. The van der Waals surface area contributed by atoms with E-state index in [1.807, 2.05) is 0 Å². The first kappa shape index (κ1) is 32.6. The molecule has 0 spiro atoms. The maximum atomic E-state index is 12.4. The molecule has 1 aromatic rings. The summed E-state index contributed by atoms with van der Waals surface area (Å²) < 4.78 is 17.5. The number of hydrogen-bond donors (Lipinski definition) is 13. The molecule has 0 amide bonds. The average molecular weight is 584 g/mol. The lowest BCUT2D eigenvalue weighted by Gasteiger charge is -2.48. The van der Waals surface area contributed by atoms with Crippen LogP contribution in [0.25, 0.3) is 0 Å². The zero-order valence-corrected chi connectivity index (χ0v) is 21.0. The number of nitrogens with zero attached hydrogens (tertiary/aromatic N) is 2. The van der Waals surface area contributed by atoms with Gasteiger partial charge in [0.1, 0.15) is 73.0 Å². The van der Waals surface area contributed by atoms with Crippen LogP contribution in [0.2, 0.25) is 0 Å². The molecular weight excluding hydrogens is 546 g/mol. The van der Waals surface area contributed by atoms with Crippen molar-refractivity contribution in [3.05, 3.63) is 22.7 Å². The molecule has 0 saturated carbocycles. The summed E-state index contributed by atoms with van der Waals surface area (Å²) >= 11 is 0. The number of ether oxygens (including phenoxy) is 3. The summed E-state index contributed by atoms with van der Waals surface area (Å²) in [5.41, 5.74) is 16.3. The number of aromatic nitrogens is 2. The summed E-state index contributed by atoms with van der Waals surface area (Å²) in [6, 6.07) is -1.90. The fraction of sp³-hybridized carbons (Fsp3) is 0.810. The highest BCUT2D eigenvalue weighted by Gasteiger charge is 2.53. The van der Waals surface area contributed by atoms with E-state index < -0.39 is 111 Å². The molecule has 0 unspecified atom stereocenters. The largest absolute Gasteiger partial charge is 0.394 e. The van der Waals surface area contributed by atoms with Crippen LogP contribution in [-0.4, -0.2) is 159 Å². The van der Waals surface area contributed by atoms with Gasteiger partial charge in [0.15, 0.2) is 12.5 Å². The first-order valence-electron chi connectivity index (χ1n) is 12.2. The molecule has 19 nitrogen and oxygen atoms in total. The van der Waals surface area contributed by atoms with E-state index >= 15 is 0 Å². The first-order chi connectivity index (χ1) is 18.7. The van der Waals surface area contributed by atoms with Crippen molar-refractivity contribution in [3.8, 4) is 0 Å². The van der Waals surface area contributed by atoms with Crippen molar-refractivity contribution in [1.29, 1.82) is 0 Å². The molecule has 3 rings (SSSR count). The van der Waals surface area contributed by atoms with E-state index in [1.165, 1.54) is 6.07 Å². The summed E-state index contributed by atoms with van der Waals surface area (Å²) in [5, 5.41) is 102. The molecule has 0 radical (unpaired) electrons. The Bertz CT molecular complexity index is 1020. The Morgan fingerprint density at radius 2 is 1.57 bits per heavy atom. The molecule has 230 valence electrons. The third-order valence-electron chi connectivity index (χ3n) is 7.01. The Balaban J connectivity index is 2.02. The van der Waals surface area contributed by atoms with Gasteiger partial charge in [-0.1, -0.05) is 0 Å². The van der Waals surface area contributed by atoms with Gasteiger partial charge in [0, 0.05) is 6.20 Å². The first-order valence-corrected chi connectivity index (χ1v) is 12.2. The molecule has 0 aliphatic carbocycles. The van der Waals surface area contributed by atoms with Gasteiger partial charge in [0.25, 0.3) is 0 Å². The Hall–Kier alpha value is -1.92. The maximum absolute atomic E-state index is 12.4. The van der Waals surface area contributed by atoms with Crippen LogP contribution in [-0.2, 0) is 14.2 Å².